The Labute approximate surface area is 120 Å². The van der Waals surface area contributed by atoms with Gasteiger partial charge in [-0.3, -0.25) is 4.79 Å². The molecule has 1 aromatic rings. The van der Waals surface area contributed by atoms with Gasteiger partial charge in [-0.2, -0.15) is 0 Å². The molecule has 0 aromatic heterocycles. The molecule has 1 aliphatic rings. The molecule has 1 aliphatic carbocycles. The van der Waals surface area contributed by atoms with Crippen molar-refractivity contribution in [3.05, 3.63) is 29.3 Å². The van der Waals surface area contributed by atoms with Crippen molar-refractivity contribution in [3.8, 4) is 5.75 Å². The Morgan fingerprint density at radius 3 is 2.90 bits per heavy atom. The van der Waals surface area contributed by atoms with Gasteiger partial charge in [-0.1, -0.05) is 26.0 Å². The van der Waals surface area contributed by atoms with Crippen LogP contribution in [0.15, 0.2) is 18.2 Å². The maximum atomic E-state index is 11.9. The molecular formula is C16H23NO3. The van der Waals surface area contributed by atoms with E-state index in [1.165, 1.54) is 0 Å². The summed E-state index contributed by atoms with van der Waals surface area (Å²) >= 11 is 0. The Balaban J connectivity index is 2.02. The Kier molecular flexibility index (Phi) is 4.65. The number of fused-ring (bicyclic) bond motifs is 1. The number of aliphatic hydroxyl groups excluding tert-OH is 1. The first-order valence-electron chi connectivity index (χ1n) is 7.23. The molecule has 4 heteroatoms. The number of rotatable bonds is 5. The Morgan fingerprint density at radius 1 is 1.45 bits per heavy atom. The molecule has 0 spiro atoms. The van der Waals surface area contributed by atoms with Gasteiger partial charge in [-0.05, 0) is 37.3 Å². The standard InChI is InChI=1S/C16H23NO3/c1-10(2)9-17-16(19)11(3)20-15-6-4-5-12-13(15)7-8-14(12)18/h4-6,10-11,14,18H,7-9H2,1-3H3,(H,17,19). The molecule has 0 bridgehead atoms. The first-order valence-corrected chi connectivity index (χ1v) is 7.23. The number of nitrogens with one attached hydrogen (secondary N) is 1. The average Bonchev–Trinajstić information content (AvgIpc) is 2.79. The van der Waals surface area contributed by atoms with Gasteiger partial charge in [0, 0.05) is 12.1 Å². The second-order valence-corrected chi connectivity index (χ2v) is 5.78. The van der Waals surface area contributed by atoms with Gasteiger partial charge >= 0.3 is 0 Å². The van der Waals surface area contributed by atoms with Crippen molar-refractivity contribution in [1.29, 1.82) is 0 Å². The minimum Gasteiger partial charge on any atom is -0.481 e. The lowest BCUT2D eigenvalue weighted by atomic mass is 10.1. The normalized spacial score (nSPS) is 18.8. The maximum Gasteiger partial charge on any atom is 0.260 e. The Bertz CT molecular complexity index is 485. The van der Waals surface area contributed by atoms with E-state index < -0.39 is 12.2 Å². The van der Waals surface area contributed by atoms with Crippen LogP contribution in [0, 0.1) is 5.92 Å². The average molecular weight is 277 g/mol. The van der Waals surface area contributed by atoms with Crippen LogP contribution in [0.25, 0.3) is 0 Å². The summed E-state index contributed by atoms with van der Waals surface area (Å²) in [6.07, 6.45) is 0.591. The molecule has 110 valence electrons. The molecule has 0 radical (unpaired) electrons. The number of ether oxygens (including phenoxy) is 1. The topological polar surface area (TPSA) is 58.6 Å². The molecule has 2 unspecified atom stereocenters. The molecule has 2 N–H and O–H groups in total. The third kappa shape index (κ3) is 3.31. The zero-order valence-corrected chi connectivity index (χ0v) is 12.3. The molecular weight excluding hydrogens is 254 g/mol. The number of carbonyl (C=O) groups excluding carboxylic acids is 1. The lowest BCUT2D eigenvalue weighted by Crippen LogP contribution is -2.38. The third-order valence-electron chi connectivity index (χ3n) is 3.55. The summed E-state index contributed by atoms with van der Waals surface area (Å²) in [5.41, 5.74) is 1.96. The summed E-state index contributed by atoms with van der Waals surface area (Å²) < 4.78 is 5.78. The van der Waals surface area contributed by atoms with Gasteiger partial charge < -0.3 is 15.2 Å². The summed E-state index contributed by atoms with van der Waals surface area (Å²) in [7, 11) is 0. The minimum absolute atomic E-state index is 0.102. The first-order chi connectivity index (χ1) is 9.49. The van der Waals surface area contributed by atoms with Gasteiger partial charge in [0.15, 0.2) is 6.10 Å². The summed E-state index contributed by atoms with van der Waals surface area (Å²) in [5.74, 6) is 1.03. The molecule has 2 atom stereocenters. The summed E-state index contributed by atoms with van der Waals surface area (Å²) in [4.78, 5) is 11.9. The molecule has 1 aromatic carbocycles. The highest BCUT2D eigenvalue weighted by Crippen LogP contribution is 2.36. The van der Waals surface area contributed by atoms with E-state index in [0.29, 0.717) is 18.2 Å². The molecule has 0 saturated carbocycles. The number of benzene rings is 1. The van der Waals surface area contributed by atoms with E-state index in [1.807, 2.05) is 18.2 Å². The zero-order valence-electron chi connectivity index (χ0n) is 12.3. The van der Waals surface area contributed by atoms with Crippen molar-refractivity contribution in [3.63, 3.8) is 0 Å². The van der Waals surface area contributed by atoms with Crippen molar-refractivity contribution >= 4 is 5.91 Å². The van der Waals surface area contributed by atoms with Gasteiger partial charge in [0.25, 0.3) is 5.91 Å². The van der Waals surface area contributed by atoms with E-state index >= 15 is 0 Å². The van der Waals surface area contributed by atoms with Crippen molar-refractivity contribution in [2.45, 2.75) is 45.8 Å². The quantitative estimate of drug-likeness (QED) is 0.867. The SMILES string of the molecule is CC(C)CNC(=O)C(C)Oc1cccc2c1CCC2O. The largest absolute Gasteiger partial charge is 0.481 e. The Morgan fingerprint density at radius 2 is 2.20 bits per heavy atom. The Hall–Kier alpha value is -1.55. The third-order valence-corrected chi connectivity index (χ3v) is 3.55. The molecule has 0 saturated heterocycles. The van der Waals surface area contributed by atoms with Crippen molar-refractivity contribution in [1.82, 2.24) is 5.32 Å². The van der Waals surface area contributed by atoms with Crippen LogP contribution in [0.3, 0.4) is 0 Å². The molecule has 2 rings (SSSR count). The van der Waals surface area contributed by atoms with Crippen LogP contribution in [0.2, 0.25) is 0 Å². The number of amides is 1. The van der Waals surface area contributed by atoms with Crippen LogP contribution in [-0.4, -0.2) is 23.7 Å². The molecule has 1 amide bonds. The maximum absolute atomic E-state index is 11.9. The van der Waals surface area contributed by atoms with Gasteiger partial charge in [-0.15, -0.1) is 0 Å². The van der Waals surface area contributed by atoms with Crippen LogP contribution < -0.4 is 10.1 Å². The van der Waals surface area contributed by atoms with E-state index in [4.69, 9.17) is 4.74 Å². The molecule has 0 heterocycles. The predicted molar refractivity (Wildman–Crippen MR) is 77.7 cm³/mol. The van der Waals surface area contributed by atoms with E-state index in [2.05, 4.69) is 19.2 Å². The molecule has 0 fully saturated rings. The van der Waals surface area contributed by atoms with Crippen LogP contribution >= 0.6 is 0 Å². The smallest absolute Gasteiger partial charge is 0.260 e. The van der Waals surface area contributed by atoms with Crippen molar-refractivity contribution in [2.24, 2.45) is 5.92 Å². The van der Waals surface area contributed by atoms with Gasteiger partial charge in [0.1, 0.15) is 5.75 Å². The fraction of sp³-hybridized carbons (Fsp3) is 0.562. The molecule has 4 nitrogen and oxygen atoms in total. The van der Waals surface area contributed by atoms with Gasteiger partial charge in [-0.25, -0.2) is 0 Å². The first kappa shape index (κ1) is 14.9. The van der Waals surface area contributed by atoms with Gasteiger partial charge in [0.05, 0.1) is 6.10 Å². The highest BCUT2D eigenvalue weighted by atomic mass is 16.5. The monoisotopic (exact) mass is 277 g/mol. The van der Waals surface area contributed by atoms with Crippen LogP contribution in [-0.2, 0) is 11.2 Å². The number of carbonyl (C=O) groups is 1. The molecule has 20 heavy (non-hydrogen) atoms. The summed E-state index contributed by atoms with van der Waals surface area (Å²) in [6, 6.07) is 5.65. The number of hydrogen-bond acceptors (Lipinski definition) is 3. The second-order valence-electron chi connectivity index (χ2n) is 5.78. The van der Waals surface area contributed by atoms with E-state index in [-0.39, 0.29) is 5.91 Å². The van der Waals surface area contributed by atoms with Crippen molar-refractivity contribution in [2.75, 3.05) is 6.54 Å². The zero-order chi connectivity index (χ0) is 14.7. The van der Waals surface area contributed by atoms with Crippen LogP contribution in [0.4, 0.5) is 0 Å². The van der Waals surface area contributed by atoms with E-state index in [0.717, 1.165) is 24.0 Å². The highest BCUT2D eigenvalue weighted by molar-refractivity contribution is 5.80. The van der Waals surface area contributed by atoms with Crippen molar-refractivity contribution < 1.29 is 14.6 Å². The minimum atomic E-state index is -0.530. The van der Waals surface area contributed by atoms with E-state index in [9.17, 15) is 9.90 Å². The lowest BCUT2D eigenvalue weighted by Gasteiger charge is -2.18. The predicted octanol–water partition coefficient (Wildman–Crippen LogP) is 2.21. The fourth-order valence-electron chi connectivity index (χ4n) is 2.40. The fourth-order valence-corrected chi connectivity index (χ4v) is 2.40. The summed E-state index contributed by atoms with van der Waals surface area (Å²) in [6.45, 7) is 6.51. The highest BCUT2D eigenvalue weighted by Gasteiger charge is 2.25. The second kappa shape index (κ2) is 6.27. The van der Waals surface area contributed by atoms with Crippen LogP contribution in [0.5, 0.6) is 5.75 Å². The van der Waals surface area contributed by atoms with Gasteiger partial charge in [0.2, 0.25) is 0 Å². The lowest BCUT2D eigenvalue weighted by molar-refractivity contribution is -0.127. The number of hydrogen-bond donors (Lipinski definition) is 2. The number of aliphatic hydroxyl groups is 1. The summed E-state index contributed by atoms with van der Waals surface area (Å²) in [5, 5.41) is 12.7. The van der Waals surface area contributed by atoms with Crippen LogP contribution in [0.1, 0.15) is 44.4 Å². The molecule has 0 aliphatic heterocycles. The van der Waals surface area contributed by atoms with E-state index in [1.54, 1.807) is 6.92 Å².